The van der Waals surface area contributed by atoms with Gasteiger partial charge in [0.1, 0.15) is 24.5 Å². The van der Waals surface area contributed by atoms with Gasteiger partial charge in [0.15, 0.2) is 5.96 Å². The molecule has 0 atom stereocenters. The molecule has 0 bridgehead atoms. The van der Waals surface area contributed by atoms with Gasteiger partial charge in [0.25, 0.3) is 0 Å². The minimum Gasteiger partial charge on any atom is -0.492 e. The fraction of sp³-hybridized carbons (Fsp3) is 0.381. The van der Waals surface area contributed by atoms with Crippen LogP contribution in [0.3, 0.4) is 0 Å². The van der Waals surface area contributed by atoms with Crippen LogP contribution in [-0.2, 0) is 19.5 Å². The van der Waals surface area contributed by atoms with Gasteiger partial charge in [-0.3, -0.25) is 0 Å². The molecule has 0 radical (unpaired) electrons. The third-order valence-corrected chi connectivity index (χ3v) is 5.27. The van der Waals surface area contributed by atoms with Crippen LogP contribution in [0.25, 0.3) is 0 Å². The smallest absolute Gasteiger partial charge is 0.194 e. The molecule has 154 valence electrons. The molecule has 29 heavy (non-hydrogen) atoms. The summed E-state index contributed by atoms with van der Waals surface area (Å²) in [7, 11) is 2.03. The standard InChI is InChI=1S/C21H28N6OS/c1-3-20-25-24-17-27(20)12-11-22-21(23-16-19-10-7-15-29-19)26(2)13-14-28-18-8-5-4-6-9-18/h4-10,15,17H,3,11-14,16H2,1-2H3,(H,22,23). The van der Waals surface area contributed by atoms with Gasteiger partial charge in [-0.1, -0.05) is 31.2 Å². The van der Waals surface area contributed by atoms with Gasteiger partial charge in [-0.05, 0) is 23.6 Å². The number of hydrogen-bond acceptors (Lipinski definition) is 5. The molecular formula is C21H28N6OS. The molecule has 2 aromatic heterocycles. The molecule has 7 nitrogen and oxygen atoms in total. The van der Waals surface area contributed by atoms with Crippen LogP contribution in [-0.4, -0.2) is 52.4 Å². The Hall–Kier alpha value is -2.87. The second kappa shape index (κ2) is 11.2. The predicted molar refractivity (Wildman–Crippen MR) is 117 cm³/mol. The molecule has 0 amide bonds. The number of aliphatic imine (C=N–C) groups is 1. The Kier molecular flexibility index (Phi) is 8.06. The monoisotopic (exact) mass is 412 g/mol. The first kappa shape index (κ1) is 20.9. The normalized spacial score (nSPS) is 11.4. The van der Waals surface area contributed by atoms with E-state index < -0.39 is 0 Å². The number of rotatable bonds is 10. The summed E-state index contributed by atoms with van der Waals surface area (Å²) in [4.78, 5) is 8.14. The average molecular weight is 413 g/mol. The van der Waals surface area contributed by atoms with Crippen LogP contribution in [0.15, 0.2) is 59.2 Å². The summed E-state index contributed by atoms with van der Waals surface area (Å²) in [5.41, 5.74) is 0. The van der Waals surface area contributed by atoms with Crippen LogP contribution < -0.4 is 10.1 Å². The molecule has 0 saturated carbocycles. The van der Waals surface area contributed by atoms with Gasteiger partial charge in [0.2, 0.25) is 0 Å². The van der Waals surface area contributed by atoms with Crippen molar-refractivity contribution in [2.24, 2.45) is 4.99 Å². The van der Waals surface area contributed by atoms with Gasteiger partial charge < -0.3 is 19.5 Å². The molecule has 0 aliphatic heterocycles. The molecule has 0 fully saturated rings. The first-order valence-corrected chi connectivity index (χ1v) is 10.7. The number of aromatic nitrogens is 3. The molecule has 0 saturated heterocycles. The van der Waals surface area contributed by atoms with Crippen molar-refractivity contribution in [3.05, 3.63) is 64.9 Å². The fourth-order valence-electron chi connectivity index (χ4n) is 2.82. The first-order valence-electron chi connectivity index (χ1n) is 9.82. The third kappa shape index (κ3) is 6.60. The first-order chi connectivity index (χ1) is 14.3. The minimum absolute atomic E-state index is 0.589. The van der Waals surface area contributed by atoms with Crippen molar-refractivity contribution in [1.29, 1.82) is 0 Å². The highest BCUT2D eigenvalue weighted by Crippen LogP contribution is 2.10. The van der Waals surface area contributed by atoms with Crippen molar-refractivity contribution in [2.45, 2.75) is 26.4 Å². The van der Waals surface area contributed by atoms with Crippen LogP contribution in [0, 0.1) is 0 Å². The van der Waals surface area contributed by atoms with Gasteiger partial charge in [0.05, 0.1) is 13.1 Å². The molecule has 1 aromatic carbocycles. The number of ether oxygens (including phenoxy) is 1. The third-order valence-electron chi connectivity index (χ3n) is 4.41. The molecule has 0 spiro atoms. The summed E-state index contributed by atoms with van der Waals surface area (Å²) >= 11 is 1.72. The van der Waals surface area contributed by atoms with E-state index in [0.29, 0.717) is 13.2 Å². The maximum atomic E-state index is 5.83. The summed E-state index contributed by atoms with van der Waals surface area (Å²) in [5, 5.41) is 13.7. The molecular weight excluding hydrogens is 384 g/mol. The highest BCUT2D eigenvalue weighted by atomic mass is 32.1. The lowest BCUT2D eigenvalue weighted by molar-refractivity contribution is 0.281. The maximum Gasteiger partial charge on any atom is 0.194 e. The van der Waals surface area contributed by atoms with Crippen molar-refractivity contribution in [2.75, 3.05) is 26.7 Å². The Morgan fingerprint density at radius 3 is 2.86 bits per heavy atom. The number of para-hydroxylation sites is 1. The van der Waals surface area contributed by atoms with E-state index in [0.717, 1.165) is 43.6 Å². The second-order valence-corrected chi connectivity index (χ2v) is 7.56. The number of thiophene rings is 1. The Morgan fingerprint density at radius 2 is 2.10 bits per heavy atom. The summed E-state index contributed by atoms with van der Waals surface area (Å²) in [6.07, 6.45) is 2.65. The molecule has 8 heteroatoms. The van der Waals surface area contributed by atoms with Crippen LogP contribution >= 0.6 is 11.3 Å². The number of likely N-dealkylation sites (N-methyl/N-ethyl adjacent to an activating group) is 1. The zero-order chi connectivity index (χ0) is 20.3. The zero-order valence-corrected chi connectivity index (χ0v) is 17.8. The zero-order valence-electron chi connectivity index (χ0n) is 17.0. The van der Waals surface area contributed by atoms with Gasteiger partial charge >= 0.3 is 0 Å². The maximum absolute atomic E-state index is 5.83. The second-order valence-electron chi connectivity index (χ2n) is 6.52. The number of nitrogens with zero attached hydrogens (tertiary/aromatic N) is 5. The highest BCUT2D eigenvalue weighted by molar-refractivity contribution is 7.09. The lowest BCUT2D eigenvalue weighted by Gasteiger charge is -2.23. The topological polar surface area (TPSA) is 67.6 Å². The molecule has 0 aliphatic rings. The summed E-state index contributed by atoms with van der Waals surface area (Å²) in [5.74, 6) is 2.74. The van der Waals surface area contributed by atoms with Crippen molar-refractivity contribution in [3.63, 3.8) is 0 Å². The van der Waals surface area contributed by atoms with E-state index in [-0.39, 0.29) is 0 Å². The Bertz CT molecular complexity index is 862. The number of aryl methyl sites for hydroxylation is 1. The number of benzene rings is 1. The number of hydrogen-bond donors (Lipinski definition) is 1. The Balaban J connectivity index is 1.55. The lowest BCUT2D eigenvalue weighted by atomic mass is 10.3. The molecule has 3 rings (SSSR count). The average Bonchev–Trinajstić information content (AvgIpc) is 3.43. The van der Waals surface area contributed by atoms with Gasteiger partial charge in [-0.25, -0.2) is 4.99 Å². The van der Waals surface area contributed by atoms with Gasteiger partial charge in [-0.15, -0.1) is 21.5 Å². The van der Waals surface area contributed by atoms with E-state index >= 15 is 0 Å². The van der Waals surface area contributed by atoms with Crippen molar-refractivity contribution in [3.8, 4) is 5.75 Å². The Morgan fingerprint density at radius 1 is 1.24 bits per heavy atom. The van der Waals surface area contributed by atoms with Gasteiger partial charge in [-0.2, -0.15) is 0 Å². The fourth-order valence-corrected chi connectivity index (χ4v) is 3.45. The largest absolute Gasteiger partial charge is 0.492 e. The summed E-state index contributed by atoms with van der Waals surface area (Å²) in [6.45, 7) is 5.61. The van der Waals surface area contributed by atoms with E-state index in [4.69, 9.17) is 9.73 Å². The van der Waals surface area contributed by atoms with Crippen LogP contribution in [0.2, 0.25) is 0 Å². The summed E-state index contributed by atoms with van der Waals surface area (Å²) < 4.78 is 7.90. The predicted octanol–water partition coefficient (Wildman–Crippen LogP) is 3.06. The van der Waals surface area contributed by atoms with Gasteiger partial charge in [0, 0.05) is 31.4 Å². The summed E-state index contributed by atoms with van der Waals surface area (Å²) in [6, 6.07) is 14.0. The van der Waals surface area contributed by atoms with E-state index in [9.17, 15) is 0 Å². The highest BCUT2D eigenvalue weighted by Gasteiger charge is 2.08. The SMILES string of the molecule is CCc1nncn1CCNC(=NCc1cccs1)N(C)CCOc1ccccc1. The van der Waals surface area contributed by atoms with Crippen molar-refractivity contribution >= 4 is 17.3 Å². The minimum atomic E-state index is 0.589. The Labute approximate surface area is 176 Å². The molecule has 0 unspecified atom stereocenters. The van der Waals surface area contributed by atoms with E-state index in [1.165, 1.54) is 4.88 Å². The van der Waals surface area contributed by atoms with E-state index in [2.05, 4.69) is 49.4 Å². The quantitative estimate of drug-likeness (QED) is 0.409. The van der Waals surface area contributed by atoms with Crippen LogP contribution in [0.5, 0.6) is 5.75 Å². The van der Waals surface area contributed by atoms with Crippen LogP contribution in [0.1, 0.15) is 17.6 Å². The molecule has 3 aromatic rings. The lowest BCUT2D eigenvalue weighted by Crippen LogP contribution is -2.42. The van der Waals surface area contributed by atoms with Crippen molar-refractivity contribution in [1.82, 2.24) is 25.0 Å². The van der Waals surface area contributed by atoms with E-state index in [1.807, 2.05) is 37.4 Å². The molecule has 1 N–H and O–H groups in total. The number of guanidine groups is 1. The van der Waals surface area contributed by atoms with Crippen LogP contribution in [0.4, 0.5) is 0 Å². The molecule has 0 aliphatic carbocycles. The van der Waals surface area contributed by atoms with E-state index in [1.54, 1.807) is 17.7 Å². The van der Waals surface area contributed by atoms with Crippen molar-refractivity contribution < 1.29 is 4.74 Å². The number of nitrogens with one attached hydrogen (secondary N) is 1. The molecule has 2 heterocycles.